The number of carbonyl (C=O) groups is 2. The molecule has 21 heavy (non-hydrogen) atoms. The minimum Gasteiger partial charge on any atom is -0.467 e. The van der Waals surface area contributed by atoms with Crippen molar-refractivity contribution in [2.45, 2.75) is 44.7 Å². The van der Waals surface area contributed by atoms with Crippen LogP contribution >= 0.6 is 0 Å². The molecule has 2 atom stereocenters. The minimum atomic E-state index is -0.623. The molecule has 0 radical (unpaired) electrons. The number of benzene rings is 1. The van der Waals surface area contributed by atoms with Gasteiger partial charge in [-0.1, -0.05) is 37.3 Å². The first kappa shape index (κ1) is 17.2. The Morgan fingerprint density at radius 3 is 2.52 bits per heavy atom. The number of methoxy groups -OCH3 is 1. The highest BCUT2D eigenvalue weighted by Gasteiger charge is 2.22. The molecule has 1 amide bonds. The van der Waals surface area contributed by atoms with E-state index >= 15 is 0 Å². The van der Waals surface area contributed by atoms with Gasteiger partial charge in [0.2, 0.25) is 5.91 Å². The molecule has 1 aromatic carbocycles. The fourth-order valence-electron chi connectivity index (χ4n) is 2.05. The standard InChI is InChI=1S/C16H24N2O3/c1-3-14(16(20)21-2)18-15(19)13(17)11-7-10-12-8-5-4-6-9-12/h4-6,8-9,13-14H,3,7,10-11,17H2,1-2H3,(H,18,19)/t13-,14+/m0/s1. The van der Waals surface area contributed by atoms with Gasteiger partial charge < -0.3 is 15.8 Å². The number of rotatable bonds is 8. The van der Waals surface area contributed by atoms with E-state index in [9.17, 15) is 9.59 Å². The maximum absolute atomic E-state index is 11.9. The van der Waals surface area contributed by atoms with Gasteiger partial charge in [-0.25, -0.2) is 4.79 Å². The van der Waals surface area contributed by atoms with Gasteiger partial charge in [0.25, 0.3) is 0 Å². The molecule has 116 valence electrons. The van der Waals surface area contributed by atoms with Crippen molar-refractivity contribution in [1.29, 1.82) is 0 Å². The largest absolute Gasteiger partial charge is 0.467 e. The van der Waals surface area contributed by atoms with Crippen LogP contribution in [-0.2, 0) is 20.7 Å². The summed E-state index contributed by atoms with van der Waals surface area (Å²) in [6.45, 7) is 1.81. The number of esters is 1. The van der Waals surface area contributed by atoms with Gasteiger partial charge in [-0.05, 0) is 31.2 Å². The number of carbonyl (C=O) groups excluding carboxylic acids is 2. The molecule has 0 heterocycles. The molecule has 1 aromatic rings. The van der Waals surface area contributed by atoms with Gasteiger partial charge in [-0.15, -0.1) is 0 Å². The zero-order valence-electron chi connectivity index (χ0n) is 12.7. The summed E-state index contributed by atoms with van der Waals surface area (Å²) >= 11 is 0. The SMILES string of the molecule is CC[C@@H](NC(=O)[C@@H](N)CCCc1ccccc1)C(=O)OC. The van der Waals surface area contributed by atoms with Gasteiger partial charge in [-0.2, -0.15) is 0 Å². The molecule has 0 aliphatic heterocycles. The van der Waals surface area contributed by atoms with Crippen LogP contribution in [0.1, 0.15) is 31.7 Å². The Hall–Kier alpha value is -1.88. The number of aryl methyl sites for hydroxylation is 1. The molecule has 0 fully saturated rings. The van der Waals surface area contributed by atoms with Crippen molar-refractivity contribution in [2.24, 2.45) is 5.73 Å². The van der Waals surface area contributed by atoms with E-state index in [1.165, 1.54) is 12.7 Å². The van der Waals surface area contributed by atoms with Crippen molar-refractivity contribution in [3.63, 3.8) is 0 Å². The number of hydrogen-bond acceptors (Lipinski definition) is 4. The van der Waals surface area contributed by atoms with Crippen LogP contribution in [0.5, 0.6) is 0 Å². The van der Waals surface area contributed by atoms with E-state index in [0.29, 0.717) is 12.8 Å². The van der Waals surface area contributed by atoms with Gasteiger partial charge in [0.05, 0.1) is 13.2 Å². The lowest BCUT2D eigenvalue weighted by Gasteiger charge is -2.17. The summed E-state index contributed by atoms with van der Waals surface area (Å²) < 4.78 is 4.63. The van der Waals surface area contributed by atoms with E-state index in [4.69, 9.17) is 5.73 Å². The quantitative estimate of drug-likeness (QED) is 0.710. The van der Waals surface area contributed by atoms with E-state index < -0.39 is 18.1 Å². The summed E-state index contributed by atoms with van der Waals surface area (Å²) in [5, 5.41) is 2.63. The van der Waals surface area contributed by atoms with Gasteiger partial charge in [0.15, 0.2) is 0 Å². The average molecular weight is 292 g/mol. The fourth-order valence-corrected chi connectivity index (χ4v) is 2.05. The Morgan fingerprint density at radius 2 is 1.95 bits per heavy atom. The molecular weight excluding hydrogens is 268 g/mol. The first-order valence-corrected chi connectivity index (χ1v) is 7.26. The van der Waals surface area contributed by atoms with E-state index in [-0.39, 0.29) is 5.91 Å². The predicted octanol–water partition coefficient (Wildman–Crippen LogP) is 1.40. The van der Waals surface area contributed by atoms with Crippen molar-refractivity contribution >= 4 is 11.9 Å². The third-order valence-electron chi connectivity index (χ3n) is 3.37. The monoisotopic (exact) mass is 292 g/mol. The van der Waals surface area contributed by atoms with Gasteiger partial charge in [0.1, 0.15) is 6.04 Å². The Kier molecular flexibility index (Phi) is 7.46. The molecule has 0 saturated heterocycles. The highest BCUT2D eigenvalue weighted by Crippen LogP contribution is 2.06. The minimum absolute atomic E-state index is 0.305. The van der Waals surface area contributed by atoms with Crippen LogP contribution in [-0.4, -0.2) is 31.1 Å². The lowest BCUT2D eigenvalue weighted by molar-refractivity contribution is -0.145. The zero-order valence-corrected chi connectivity index (χ0v) is 12.7. The van der Waals surface area contributed by atoms with Crippen LogP contribution in [0, 0.1) is 0 Å². The van der Waals surface area contributed by atoms with Crippen molar-refractivity contribution in [3.05, 3.63) is 35.9 Å². The van der Waals surface area contributed by atoms with Crippen molar-refractivity contribution in [1.82, 2.24) is 5.32 Å². The van der Waals surface area contributed by atoms with Crippen LogP contribution in [0.4, 0.5) is 0 Å². The molecule has 3 N–H and O–H groups in total. The van der Waals surface area contributed by atoms with Crippen LogP contribution in [0.15, 0.2) is 30.3 Å². The molecule has 0 bridgehead atoms. The van der Waals surface area contributed by atoms with E-state index in [1.807, 2.05) is 25.1 Å². The molecule has 0 aliphatic rings. The molecule has 0 spiro atoms. The van der Waals surface area contributed by atoms with E-state index in [0.717, 1.165) is 12.8 Å². The van der Waals surface area contributed by atoms with Crippen LogP contribution in [0.3, 0.4) is 0 Å². The average Bonchev–Trinajstić information content (AvgIpc) is 2.52. The zero-order chi connectivity index (χ0) is 15.7. The van der Waals surface area contributed by atoms with Crippen molar-refractivity contribution < 1.29 is 14.3 Å². The lowest BCUT2D eigenvalue weighted by Crippen LogP contribution is -2.48. The van der Waals surface area contributed by atoms with Crippen LogP contribution in [0.2, 0.25) is 0 Å². The normalized spacial score (nSPS) is 13.3. The Morgan fingerprint density at radius 1 is 1.29 bits per heavy atom. The summed E-state index contributed by atoms with van der Waals surface area (Å²) in [6.07, 6.45) is 2.77. The van der Waals surface area contributed by atoms with Crippen molar-refractivity contribution in [2.75, 3.05) is 7.11 Å². The molecule has 5 heteroatoms. The lowest BCUT2D eigenvalue weighted by atomic mass is 10.0. The third kappa shape index (κ3) is 5.95. The molecule has 0 aromatic heterocycles. The first-order chi connectivity index (χ1) is 10.1. The third-order valence-corrected chi connectivity index (χ3v) is 3.37. The van der Waals surface area contributed by atoms with E-state index in [1.54, 1.807) is 0 Å². The summed E-state index contributed by atoms with van der Waals surface area (Å²) in [5.41, 5.74) is 7.09. The Balaban J connectivity index is 2.35. The number of nitrogens with one attached hydrogen (secondary N) is 1. The number of ether oxygens (including phenoxy) is 1. The summed E-state index contributed by atoms with van der Waals surface area (Å²) in [6, 6.07) is 8.83. The van der Waals surface area contributed by atoms with Gasteiger partial charge >= 0.3 is 5.97 Å². The second kappa shape index (κ2) is 9.13. The molecule has 0 unspecified atom stereocenters. The van der Waals surface area contributed by atoms with Crippen LogP contribution in [0.25, 0.3) is 0 Å². The summed E-state index contributed by atoms with van der Waals surface area (Å²) in [5.74, 6) is -0.748. The molecular formula is C16H24N2O3. The molecule has 1 rings (SSSR count). The smallest absolute Gasteiger partial charge is 0.328 e. The topological polar surface area (TPSA) is 81.4 Å². The molecule has 5 nitrogen and oxygen atoms in total. The number of amides is 1. The number of hydrogen-bond donors (Lipinski definition) is 2. The fraction of sp³-hybridized carbons (Fsp3) is 0.500. The second-order valence-corrected chi connectivity index (χ2v) is 4.98. The maximum Gasteiger partial charge on any atom is 0.328 e. The van der Waals surface area contributed by atoms with Gasteiger partial charge in [-0.3, -0.25) is 4.79 Å². The first-order valence-electron chi connectivity index (χ1n) is 7.26. The van der Waals surface area contributed by atoms with Crippen molar-refractivity contribution in [3.8, 4) is 0 Å². The highest BCUT2D eigenvalue weighted by atomic mass is 16.5. The van der Waals surface area contributed by atoms with Crippen LogP contribution < -0.4 is 11.1 Å². The van der Waals surface area contributed by atoms with E-state index in [2.05, 4.69) is 22.2 Å². The highest BCUT2D eigenvalue weighted by molar-refractivity contribution is 5.87. The molecule has 0 aliphatic carbocycles. The maximum atomic E-state index is 11.9. The number of nitrogens with two attached hydrogens (primary N) is 1. The predicted molar refractivity (Wildman–Crippen MR) is 81.6 cm³/mol. The Bertz CT molecular complexity index is 448. The second-order valence-electron chi connectivity index (χ2n) is 4.98. The summed E-state index contributed by atoms with van der Waals surface area (Å²) in [4.78, 5) is 23.4. The molecule has 0 saturated carbocycles. The summed E-state index contributed by atoms with van der Waals surface area (Å²) in [7, 11) is 1.30. The van der Waals surface area contributed by atoms with Gasteiger partial charge in [0, 0.05) is 0 Å². The Labute approximate surface area is 125 Å².